The van der Waals surface area contributed by atoms with Crippen LogP contribution in [0.2, 0.25) is 0 Å². The first-order valence-corrected chi connectivity index (χ1v) is 9.06. The largest absolute Gasteiger partial charge is 0.391 e. The topological polar surface area (TPSA) is 35.2 Å². The Hall–Kier alpha value is 0.0600. The number of ether oxygens (including phenoxy) is 1. The zero-order chi connectivity index (χ0) is 15.1. The second-order valence-electron chi connectivity index (χ2n) is 7.07. The molecule has 0 bridgehead atoms. The molecule has 3 rings (SSSR count). The van der Waals surface area contributed by atoms with Gasteiger partial charge in [-0.1, -0.05) is 0 Å². The number of hydrogen-bond donors (Lipinski definition) is 1. The average molecular weight is 323 g/mol. The summed E-state index contributed by atoms with van der Waals surface area (Å²) in [6.07, 6.45) is 0.247. The highest BCUT2D eigenvalue weighted by atomic mass is 32.2. The minimum atomic E-state index is -4.06. The van der Waals surface area contributed by atoms with Gasteiger partial charge in [-0.3, -0.25) is 0 Å². The van der Waals surface area contributed by atoms with E-state index in [2.05, 4.69) is 0 Å². The van der Waals surface area contributed by atoms with Crippen LogP contribution in [-0.4, -0.2) is 35.4 Å². The van der Waals surface area contributed by atoms with Gasteiger partial charge in [-0.05, 0) is 56.6 Å². The smallest absolute Gasteiger partial charge is 0.374 e. The van der Waals surface area contributed by atoms with Crippen molar-refractivity contribution in [3.8, 4) is 0 Å². The summed E-state index contributed by atoms with van der Waals surface area (Å²) in [5.41, 5.74) is 6.11. The summed E-state index contributed by atoms with van der Waals surface area (Å²) >= 11 is 1.92. The molecule has 2 aliphatic heterocycles. The lowest BCUT2D eigenvalue weighted by molar-refractivity contribution is -0.187. The van der Waals surface area contributed by atoms with Crippen LogP contribution in [0.5, 0.6) is 0 Å². The van der Waals surface area contributed by atoms with Crippen LogP contribution in [0, 0.1) is 11.8 Å². The van der Waals surface area contributed by atoms with Gasteiger partial charge in [0.2, 0.25) is 0 Å². The molecule has 0 amide bonds. The summed E-state index contributed by atoms with van der Waals surface area (Å²) in [6.45, 7) is 0.715. The van der Waals surface area contributed by atoms with Gasteiger partial charge in [0.1, 0.15) is 0 Å². The standard InChI is InChI=1S/C15H24F3NOS/c16-15(17,18)11-1-4-14(19,5-2-11)12-3-7-20-13(9-12)6-8-21-10-13/h11-12H,1-10,19H2. The molecule has 3 fully saturated rings. The fourth-order valence-corrected chi connectivity index (χ4v) is 5.65. The van der Waals surface area contributed by atoms with Crippen molar-refractivity contribution in [2.24, 2.45) is 17.6 Å². The van der Waals surface area contributed by atoms with Gasteiger partial charge in [0.15, 0.2) is 0 Å². The first-order valence-electron chi connectivity index (χ1n) is 7.90. The molecule has 2 atom stereocenters. The predicted molar refractivity (Wildman–Crippen MR) is 78.3 cm³/mol. The van der Waals surface area contributed by atoms with Crippen molar-refractivity contribution >= 4 is 11.8 Å². The fraction of sp³-hybridized carbons (Fsp3) is 1.00. The normalized spacial score (nSPS) is 45.1. The molecule has 0 aromatic carbocycles. The summed E-state index contributed by atoms with van der Waals surface area (Å²) < 4.78 is 44.4. The molecule has 1 saturated carbocycles. The van der Waals surface area contributed by atoms with Gasteiger partial charge in [0, 0.05) is 17.9 Å². The molecular formula is C15H24F3NOS. The Morgan fingerprint density at radius 1 is 1.10 bits per heavy atom. The zero-order valence-corrected chi connectivity index (χ0v) is 13.1. The average Bonchev–Trinajstić information content (AvgIpc) is 2.86. The molecule has 2 N–H and O–H groups in total. The van der Waals surface area contributed by atoms with E-state index in [9.17, 15) is 13.2 Å². The molecule has 1 spiro atoms. The Morgan fingerprint density at radius 2 is 1.81 bits per heavy atom. The molecule has 2 heterocycles. The van der Waals surface area contributed by atoms with Crippen molar-refractivity contribution in [2.75, 3.05) is 18.1 Å². The highest BCUT2D eigenvalue weighted by molar-refractivity contribution is 7.99. The lowest BCUT2D eigenvalue weighted by atomic mass is 9.65. The van der Waals surface area contributed by atoms with Crippen LogP contribution in [0.1, 0.15) is 44.9 Å². The molecule has 21 heavy (non-hydrogen) atoms. The molecule has 3 aliphatic rings. The highest BCUT2D eigenvalue weighted by Gasteiger charge is 2.50. The highest BCUT2D eigenvalue weighted by Crippen LogP contribution is 2.48. The van der Waals surface area contributed by atoms with Crippen LogP contribution >= 0.6 is 11.8 Å². The molecular weight excluding hydrogens is 299 g/mol. The fourth-order valence-electron chi connectivity index (χ4n) is 4.27. The van der Waals surface area contributed by atoms with E-state index in [0.717, 1.165) is 30.8 Å². The minimum absolute atomic E-state index is 0.0408. The van der Waals surface area contributed by atoms with Crippen molar-refractivity contribution in [1.29, 1.82) is 0 Å². The molecule has 2 saturated heterocycles. The van der Waals surface area contributed by atoms with Crippen molar-refractivity contribution < 1.29 is 17.9 Å². The molecule has 2 nitrogen and oxygen atoms in total. The van der Waals surface area contributed by atoms with Gasteiger partial charge in [0.25, 0.3) is 0 Å². The number of halogens is 3. The van der Waals surface area contributed by atoms with Crippen LogP contribution in [0.25, 0.3) is 0 Å². The van der Waals surface area contributed by atoms with Gasteiger partial charge in [0.05, 0.1) is 11.5 Å². The lowest BCUT2D eigenvalue weighted by Crippen LogP contribution is -2.55. The minimum Gasteiger partial charge on any atom is -0.374 e. The van der Waals surface area contributed by atoms with E-state index in [0.29, 0.717) is 25.4 Å². The summed E-state index contributed by atoms with van der Waals surface area (Å²) in [5.74, 6) is 1.31. The van der Waals surface area contributed by atoms with Crippen LogP contribution in [-0.2, 0) is 4.74 Å². The first kappa shape index (κ1) is 15.9. The van der Waals surface area contributed by atoms with Gasteiger partial charge < -0.3 is 10.5 Å². The van der Waals surface area contributed by atoms with Crippen molar-refractivity contribution in [1.82, 2.24) is 0 Å². The van der Waals surface area contributed by atoms with Gasteiger partial charge in [-0.15, -0.1) is 0 Å². The third-order valence-corrected chi connectivity index (χ3v) is 6.98. The first-order chi connectivity index (χ1) is 9.83. The number of thioether (sulfide) groups is 1. The molecule has 1 aliphatic carbocycles. The lowest BCUT2D eigenvalue weighted by Gasteiger charge is -2.48. The van der Waals surface area contributed by atoms with E-state index < -0.39 is 17.6 Å². The monoisotopic (exact) mass is 323 g/mol. The zero-order valence-electron chi connectivity index (χ0n) is 12.3. The second kappa shape index (κ2) is 5.60. The Labute approximate surface area is 128 Å². The van der Waals surface area contributed by atoms with Crippen LogP contribution < -0.4 is 5.73 Å². The third kappa shape index (κ3) is 3.22. The maximum Gasteiger partial charge on any atom is 0.391 e. The van der Waals surface area contributed by atoms with E-state index in [1.807, 2.05) is 11.8 Å². The molecule has 0 aromatic rings. The number of nitrogens with two attached hydrogens (primary N) is 1. The van der Waals surface area contributed by atoms with E-state index in [-0.39, 0.29) is 18.4 Å². The quantitative estimate of drug-likeness (QED) is 0.798. The molecule has 0 aromatic heterocycles. The second-order valence-corrected chi connectivity index (χ2v) is 8.18. The van der Waals surface area contributed by atoms with Gasteiger partial charge >= 0.3 is 6.18 Å². The number of rotatable bonds is 1. The Kier molecular flexibility index (Phi) is 4.25. The molecule has 6 heteroatoms. The van der Waals surface area contributed by atoms with Crippen molar-refractivity contribution in [3.05, 3.63) is 0 Å². The third-order valence-electron chi connectivity index (χ3n) is 5.75. The summed E-state index contributed by atoms with van der Waals surface area (Å²) in [7, 11) is 0. The molecule has 2 unspecified atom stereocenters. The van der Waals surface area contributed by atoms with Gasteiger partial charge in [-0.25, -0.2) is 0 Å². The predicted octanol–water partition coefficient (Wildman–Crippen LogP) is 3.74. The summed E-state index contributed by atoms with van der Waals surface area (Å²) in [6, 6.07) is 0. The van der Waals surface area contributed by atoms with E-state index in [1.165, 1.54) is 0 Å². The van der Waals surface area contributed by atoms with Crippen molar-refractivity contribution in [2.45, 2.75) is 62.3 Å². The molecule has 122 valence electrons. The number of hydrogen-bond acceptors (Lipinski definition) is 3. The van der Waals surface area contributed by atoms with Crippen LogP contribution in [0.15, 0.2) is 0 Å². The van der Waals surface area contributed by atoms with Crippen LogP contribution in [0.3, 0.4) is 0 Å². The Balaban J connectivity index is 1.63. The Morgan fingerprint density at radius 3 is 2.38 bits per heavy atom. The van der Waals surface area contributed by atoms with Crippen molar-refractivity contribution in [3.63, 3.8) is 0 Å². The summed E-state index contributed by atoms with van der Waals surface area (Å²) in [5, 5.41) is 0. The maximum absolute atomic E-state index is 12.8. The molecule has 0 radical (unpaired) electrons. The number of alkyl halides is 3. The van der Waals surface area contributed by atoms with E-state index >= 15 is 0 Å². The van der Waals surface area contributed by atoms with Gasteiger partial charge in [-0.2, -0.15) is 24.9 Å². The van der Waals surface area contributed by atoms with E-state index in [1.54, 1.807) is 0 Å². The SMILES string of the molecule is NC1(C2CCOC3(CCSC3)C2)CCC(C(F)(F)F)CC1. The maximum atomic E-state index is 12.8. The Bertz CT molecular complexity index is 374. The van der Waals surface area contributed by atoms with Crippen LogP contribution in [0.4, 0.5) is 13.2 Å². The van der Waals surface area contributed by atoms with E-state index in [4.69, 9.17) is 10.5 Å². The summed E-state index contributed by atoms with van der Waals surface area (Å²) in [4.78, 5) is 0.